The van der Waals surface area contributed by atoms with E-state index < -0.39 is 5.38 Å². The molecule has 0 saturated carbocycles. The molecule has 0 amide bonds. The fraction of sp³-hybridized carbons (Fsp3) is 0.875. The van der Waals surface area contributed by atoms with E-state index in [2.05, 4.69) is 6.92 Å². The molecule has 0 aromatic heterocycles. The van der Waals surface area contributed by atoms with Gasteiger partial charge < -0.3 is 4.74 Å². The molecular formula is C8H14ClNO. The molecule has 0 bridgehead atoms. The van der Waals surface area contributed by atoms with Gasteiger partial charge in [0.05, 0.1) is 12.7 Å². The Kier molecular flexibility index (Phi) is 7.66. The third kappa shape index (κ3) is 7.64. The van der Waals surface area contributed by atoms with Crippen LogP contribution in [0.25, 0.3) is 0 Å². The van der Waals surface area contributed by atoms with Gasteiger partial charge >= 0.3 is 0 Å². The molecule has 11 heavy (non-hydrogen) atoms. The van der Waals surface area contributed by atoms with Crippen molar-refractivity contribution < 1.29 is 4.74 Å². The lowest BCUT2D eigenvalue weighted by atomic mass is 10.3. The summed E-state index contributed by atoms with van der Waals surface area (Å²) in [5, 5.41) is 7.79. The zero-order valence-corrected chi connectivity index (χ0v) is 7.60. The number of nitriles is 1. The molecule has 0 aromatic carbocycles. The Hall–Kier alpha value is -0.260. The molecule has 1 atom stereocenters. The number of nitrogens with zero attached hydrogens (tertiary/aromatic N) is 1. The molecule has 0 aliphatic carbocycles. The van der Waals surface area contributed by atoms with Crippen LogP contribution < -0.4 is 0 Å². The van der Waals surface area contributed by atoms with Crippen molar-refractivity contribution in [2.45, 2.75) is 31.6 Å². The normalized spacial score (nSPS) is 12.5. The number of ether oxygens (including phenoxy) is 1. The van der Waals surface area contributed by atoms with Crippen molar-refractivity contribution in [3.63, 3.8) is 0 Å². The van der Waals surface area contributed by atoms with E-state index in [0.717, 1.165) is 13.0 Å². The molecule has 2 nitrogen and oxygen atoms in total. The number of unbranched alkanes of at least 4 members (excludes halogenated alkanes) is 2. The standard InChI is InChI=1S/C8H14ClNO/c1-2-3-4-5-11-7-8(9)6-10/h8H,2-5,7H2,1H3. The number of halogens is 1. The van der Waals surface area contributed by atoms with Crippen LogP contribution in [0.2, 0.25) is 0 Å². The molecule has 0 rings (SSSR count). The Morgan fingerprint density at radius 2 is 2.27 bits per heavy atom. The smallest absolute Gasteiger partial charge is 0.143 e. The minimum absolute atomic E-state index is 0.349. The van der Waals surface area contributed by atoms with Crippen molar-refractivity contribution in [2.24, 2.45) is 0 Å². The summed E-state index contributed by atoms with van der Waals surface area (Å²) in [5.41, 5.74) is 0. The molecule has 1 unspecified atom stereocenters. The molecule has 0 saturated heterocycles. The highest BCUT2D eigenvalue weighted by molar-refractivity contribution is 6.22. The van der Waals surface area contributed by atoms with Crippen LogP contribution in [0, 0.1) is 11.3 Å². The molecule has 0 radical (unpaired) electrons. The number of alkyl halides is 1. The summed E-state index contributed by atoms with van der Waals surface area (Å²) in [6, 6.07) is 1.90. The van der Waals surface area contributed by atoms with Gasteiger partial charge in [-0.25, -0.2) is 0 Å². The molecule has 3 heteroatoms. The van der Waals surface area contributed by atoms with Crippen molar-refractivity contribution in [2.75, 3.05) is 13.2 Å². The van der Waals surface area contributed by atoms with Crippen LogP contribution in [-0.4, -0.2) is 18.6 Å². The maximum Gasteiger partial charge on any atom is 0.143 e. The van der Waals surface area contributed by atoms with Gasteiger partial charge in [-0.1, -0.05) is 19.8 Å². The second-order valence-corrected chi connectivity index (χ2v) is 2.91. The predicted octanol–water partition coefficient (Wildman–Crippen LogP) is 2.32. The van der Waals surface area contributed by atoms with E-state index in [1.165, 1.54) is 12.8 Å². The lowest BCUT2D eigenvalue weighted by molar-refractivity contribution is 0.137. The average molecular weight is 176 g/mol. The summed E-state index contributed by atoms with van der Waals surface area (Å²) in [6.45, 7) is 3.21. The second kappa shape index (κ2) is 7.84. The van der Waals surface area contributed by atoms with Crippen molar-refractivity contribution >= 4 is 11.6 Å². The summed E-state index contributed by atoms with van der Waals surface area (Å²) in [7, 11) is 0. The van der Waals surface area contributed by atoms with Gasteiger partial charge in [0.25, 0.3) is 0 Å². The Morgan fingerprint density at radius 1 is 1.55 bits per heavy atom. The molecule has 0 heterocycles. The molecule has 0 aliphatic rings. The van der Waals surface area contributed by atoms with Crippen LogP contribution in [0.5, 0.6) is 0 Å². The predicted molar refractivity (Wildman–Crippen MR) is 45.6 cm³/mol. The molecular weight excluding hydrogens is 162 g/mol. The lowest BCUT2D eigenvalue weighted by Gasteiger charge is -2.02. The monoisotopic (exact) mass is 175 g/mol. The van der Waals surface area contributed by atoms with Gasteiger partial charge in [0.1, 0.15) is 5.38 Å². The summed E-state index contributed by atoms with van der Waals surface area (Å²) >= 11 is 5.49. The van der Waals surface area contributed by atoms with Crippen LogP contribution in [0.4, 0.5) is 0 Å². The SMILES string of the molecule is CCCCCOCC(Cl)C#N. The lowest BCUT2D eigenvalue weighted by Crippen LogP contribution is -2.07. The number of hydrogen-bond acceptors (Lipinski definition) is 2. The molecule has 0 N–H and O–H groups in total. The van der Waals surface area contributed by atoms with Gasteiger partial charge in [-0.3, -0.25) is 0 Å². The fourth-order valence-electron chi connectivity index (χ4n) is 0.678. The molecule has 0 fully saturated rings. The molecule has 0 spiro atoms. The van der Waals surface area contributed by atoms with Gasteiger partial charge in [0.2, 0.25) is 0 Å². The highest BCUT2D eigenvalue weighted by Gasteiger charge is 1.99. The van der Waals surface area contributed by atoms with E-state index in [-0.39, 0.29) is 0 Å². The highest BCUT2D eigenvalue weighted by atomic mass is 35.5. The minimum atomic E-state index is -0.489. The zero-order chi connectivity index (χ0) is 8.53. The van der Waals surface area contributed by atoms with E-state index in [0.29, 0.717) is 6.61 Å². The number of hydrogen-bond donors (Lipinski definition) is 0. The van der Waals surface area contributed by atoms with Gasteiger partial charge in [-0.05, 0) is 6.42 Å². The van der Waals surface area contributed by atoms with Gasteiger partial charge in [-0.2, -0.15) is 5.26 Å². The Bertz CT molecular complexity index is 122. The van der Waals surface area contributed by atoms with Gasteiger partial charge in [0.15, 0.2) is 0 Å². The third-order valence-electron chi connectivity index (χ3n) is 1.30. The first-order valence-electron chi connectivity index (χ1n) is 3.92. The second-order valence-electron chi connectivity index (χ2n) is 2.38. The largest absolute Gasteiger partial charge is 0.379 e. The van der Waals surface area contributed by atoms with E-state index in [1.54, 1.807) is 0 Å². The average Bonchev–Trinajstić information content (AvgIpc) is 2.04. The maximum atomic E-state index is 8.28. The van der Waals surface area contributed by atoms with E-state index >= 15 is 0 Å². The minimum Gasteiger partial charge on any atom is -0.379 e. The number of rotatable bonds is 6. The van der Waals surface area contributed by atoms with Gasteiger partial charge in [-0.15, -0.1) is 11.6 Å². The Balaban J connectivity index is 2.97. The topological polar surface area (TPSA) is 33.0 Å². The van der Waals surface area contributed by atoms with E-state index in [9.17, 15) is 0 Å². The first-order valence-corrected chi connectivity index (χ1v) is 4.36. The fourth-order valence-corrected chi connectivity index (χ4v) is 0.767. The Labute approximate surface area is 73.1 Å². The molecule has 64 valence electrons. The quantitative estimate of drug-likeness (QED) is 0.459. The van der Waals surface area contributed by atoms with Crippen molar-refractivity contribution in [1.82, 2.24) is 0 Å². The summed E-state index contributed by atoms with van der Waals surface area (Å²) in [4.78, 5) is 0. The van der Waals surface area contributed by atoms with Gasteiger partial charge in [0, 0.05) is 6.61 Å². The van der Waals surface area contributed by atoms with Crippen LogP contribution >= 0.6 is 11.6 Å². The highest BCUT2D eigenvalue weighted by Crippen LogP contribution is 1.97. The van der Waals surface area contributed by atoms with Crippen LogP contribution in [0.15, 0.2) is 0 Å². The first kappa shape index (κ1) is 10.7. The van der Waals surface area contributed by atoms with Crippen LogP contribution in [0.1, 0.15) is 26.2 Å². The van der Waals surface area contributed by atoms with Crippen LogP contribution in [0.3, 0.4) is 0 Å². The van der Waals surface area contributed by atoms with E-state index in [1.807, 2.05) is 6.07 Å². The van der Waals surface area contributed by atoms with E-state index in [4.69, 9.17) is 21.6 Å². The zero-order valence-electron chi connectivity index (χ0n) is 6.85. The molecule has 0 aromatic rings. The van der Waals surface area contributed by atoms with Crippen molar-refractivity contribution in [3.05, 3.63) is 0 Å². The molecule has 0 aliphatic heterocycles. The summed E-state index contributed by atoms with van der Waals surface area (Å²) in [6.07, 6.45) is 3.43. The maximum absolute atomic E-state index is 8.28. The van der Waals surface area contributed by atoms with Crippen molar-refractivity contribution in [3.8, 4) is 6.07 Å². The third-order valence-corrected chi connectivity index (χ3v) is 1.52. The van der Waals surface area contributed by atoms with Crippen molar-refractivity contribution in [1.29, 1.82) is 5.26 Å². The van der Waals surface area contributed by atoms with Crippen LogP contribution in [-0.2, 0) is 4.74 Å². The summed E-state index contributed by atoms with van der Waals surface area (Å²) < 4.78 is 5.13. The Morgan fingerprint density at radius 3 is 2.82 bits per heavy atom. The first-order chi connectivity index (χ1) is 5.31. The summed E-state index contributed by atoms with van der Waals surface area (Å²) in [5.74, 6) is 0.